The lowest BCUT2D eigenvalue weighted by atomic mass is 9.82. The molecule has 2 rings (SSSR count). The van der Waals surface area contributed by atoms with Crippen molar-refractivity contribution in [2.45, 2.75) is 44.4 Å². The van der Waals surface area contributed by atoms with Crippen LogP contribution in [0, 0.1) is 17.8 Å². The van der Waals surface area contributed by atoms with E-state index in [1.165, 1.54) is 6.42 Å². The summed E-state index contributed by atoms with van der Waals surface area (Å²) in [6.07, 6.45) is 5.13. The molecule has 0 spiro atoms. The van der Waals surface area contributed by atoms with Crippen LogP contribution in [0.4, 0.5) is 0 Å². The van der Waals surface area contributed by atoms with E-state index >= 15 is 0 Å². The number of amides is 1. The normalized spacial score (nSPS) is 40.6. The fourth-order valence-electron chi connectivity index (χ4n) is 3.14. The van der Waals surface area contributed by atoms with Crippen molar-refractivity contribution in [3.8, 4) is 0 Å². The summed E-state index contributed by atoms with van der Waals surface area (Å²) in [7, 11) is 0. The third-order valence-electron chi connectivity index (χ3n) is 3.94. The molecule has 2 nitrogen and oxygen atoms in total. The van der Waals surface area contributed by atoms with Crippen molar-refractivity contribution in [2.75, 3.05) is 0 Å². The highest BCUT2D eigenvalue weighted by molar-refractivity contribution is 6.20. The average Bonchev–Trinajstić information content (AvgIpc) is 2.41. The second-order valence-electron chi connectivity index (χ2n) is 5.40. The zero-order valence-corrected chi connectivity index (χ0v) is 10.6. The van der Waals surface area contributed by atoms with Gasteiger partial charge in [0.25, 0.3) is 0 Å². The smallest absolute Gasteiger partial charge is 0.224 e. The average molecular weight is 242 g/mol. The predicted octanol–water partition coefficient (Wildman–Crippen LogP) is 3.07. The fraction of sp³-hybridized carbons (Fsp3) is 0.769. The van der Waals surface area contributed by atoms with E-state index in [2.05, 4.69) is 18.8 Å². The summed E-state index contributed by atoms with van der Waals surface area (Å²) in [5.74, 6) is 1.73. The highest BCUT2D eigenvalue weighted by Gasteiger charge is 2.34. The molecule has 1 saturated heterocycles. The van der Waals surface area contributed by atoms with Gasteiger partial charge in [-0.3, -0.25) is 4.79 Å². The van der Waals surface area contributed by atoms with E-state index in [9.17, 15) is 4.79 Å². The Morgan fingerprint density at radius 2 is 2.12 bits per heavy atom. The first-order chi connectivity index (χ1) is 7.56. The van der Waals surface area contributed by atoms with Crippen LogP contribution in [0.5, 0.6) is 0 Å². The minimum Gasteiger partial charge on any atom is -0.330 e. The van der Waals surface area contributed by atoms with Crippen LogP contribution in [0.1, 0.15) is 39.0 Å². The molecule has 0 aromatic heterocycles. The number of hydrogen-bond acceptors (Lipinski definition) is 1. The number of allylic oxidation sites excluding steroid dienone is 1. The maximum absolute atomic E-state index is 11.3. The molecular formula is C13H20ClNO. The van der Waals surface area contributed by atoms with Crippen molar-refractivity contribution in [1.29, 1.82) is 0 Å². The Bertz CT molecular complexity index is 302. The number of nitrogens with one attached hydrogen (secondary N) is 1. The molecule has 1 aliphatic carbocycles. The monoisotopic (exact) mass is 241 g/mol. The molecule has 16 heavy (non-hydrogen) atoms. The summed E-state index contributed by atoms with van der Waals surface area (Å²) in [6, 6.07) is 0. The van der Waals surface area contributed by atoms with Gasteiger partial charge in [0.1, 0.15) is 0 Å². The summed E-state index contributed by atoms with van der Waals surface area (Å²) < 4.78 is 0. The van der Waals surface area contributed by atoms with Crippen molar-refractivity contribution in [1.82, 2.24) is 5.32 Å². The SMILES string of the molecule is C=C1NC(=O)CC1C1CCC(Cl)CC(C)C1. The molecule has 4 atom stereocenters. The fourth-order valence-corrected chi connectivity index (χ4v) is 3.57. The van der Waals surface area contributed by atoms with Crippen LogP contribution in [0.2, 0.25) is 0 Å². The Hall–Kier alpha value is -0.500. The van der Waals surface area contributed by atoms with Crippen LogP contribution in [0.3, 0.4) is 0 Å². The van der Waals surface area contributed by atoms with Crippen LogP contribution in [-0.2, 0) is 4.79 Å². The molecule has 1 N–H and O–H groups in total. The zero-order chi connectivity index (χ0) is 11.7. The second kappa shape index (κ2) is 4.79. The van der Waals surface area contributed by atoms with Gasteiger partial charge in [-0.2, -0.15) is 0 Å². The molecule has 1 amide bonds. The largest absolute Gasteiger partial charge is 0.330 e. The number of carbonyl (C=O) groups excluding carboxylic acids is 1. The molecule has 4 unspecified atom stereocenters. The summed E-state index contributed by atoms with van der Waals surface area (Å²) >= 11 is 6.25. The Balaban J connectivity index is 2.03. The van der Waals surface area contributed by atoms with Gasteiger partial charge in [0.05, 0.1) is 0 Å². The zero-order valence-electron chi connectivity index (χ0n) is 9.84. The van der Waals surface area contributed by atoms with E-state index in [-0.39, 0.29) is 5.91 Å². The Morgan fingerprint density at radius 1 is 1.38 bits per heavy atom. The van der Waals surface area contributed by atoms with E-state index in [1.54, 1.807) is 0 Å². The topological polar surface area (TPSA) is 29.1 Å². The van der Waals surface area contributed by atoms with Crippen molar-refractivity contribution < 1.29 is 4.79 Å². The van der Waals surface area contributed by atoms with Crippen LogP contribution >= 0.6 is 11.6 Å². The van der Waals surface area contributed by atoms with Crippen molar-refractivity contribution in [3.63, 3.8) is 0 Å². The standard InChI is InChI=1S/C13H20ClNO/c1-8-5-10(3-4-11(14)6-8)12-7-13(16)15-9(12)2/h8,10-12H,2-7H2,1H3,(H,15,16). The van der Waals surface area contributed by atoms with Gasteiger partial charge in [-0.15, -0.1) is 11.6 Å². The molecule has 2 aliphatic rings. The van der Waals surface area contributed by atoms with Crippen molar-refractivity contribution in [2.24, 2.45) is 17.8 Å². The first-order valence-corrected chi connectivity index (χ1v) is 6.62. The lowest BCUT2D eigenvalue weighted by Gasteiger charge is -2.23. The molecule has 3 heteroatoms. The van der Waals surface area contributed by atoms with E-state index in [0.717, 1.165) is 25.0 Å². The summed E-state index contributed by atoms with van der Waals surface area (Å²) in [5, 5.41) is 3.16. The van der Waals surface area contributed by atoms with Crippen LogP contribution in [-0.4, -0.2) is 11.3 Å². The third kappa shape index (κ3) is 2.60. The Kier molecular flexibility index (Phi) is 3.58. The maximum atomic E-state index is 11.3. The van der Waals surface area contributed by atoms with Gasteiger partial charge < -0.3 is 5.32 Å². The van der Waals surface area contributed by atoms with Crippen LogP contribution < -0.4 is 5.32 Å². The first-order valence-electron chi connectivity index (χ1n) is 6.19. The van der Waals surface area contributed by atoms with Gasteiger partial charge in [-0.25, -0.2) is 0 Å². The molecule has 0 aromatic carbocycles. The molecule has 1 saturated carbocycles. The predicted molar refractivity (Wildman–Crippen MR) is 66.2 cm³/mol. The van der Waals surface area contributed by atoms with Gasteiger partial charge in [0, 0.05) is 23.4 Å². The Morgan fingerprint density at radius 3 is 2.75 bits per heavy atom. The van der Waals surface area contributed by atoms with Gasteiger partial charge in [0.2, 0.25) is 5.91 Å². The number of rotatable bonds is 1. The molecule has 0 bridgehead atoms. The summed E-state index contributed by atoms with van der Waals surface area (Å²) in [6.45, 7) is 6.24. The molecular weight excluding hydrogens is 222 g/mol. The van der Waals surface area contributed by atoms with Gasteiger partial charge in [-0.1, -0.05) is 13.5 Å². The van der Waals surface area contributed by atoms with Gasteiger partial charge in [-0.05, 0) is 37.5 Å². The first kappa shape index (κ1) is 12.0. The number of halogens is 1. The minimum absolute atomic E-state index is 0.134. The molecule has 0 radical (unpaired) electrons. The lowest BCUT2D eigenvalue weighted by molar-refractivity contribution is -0.119. The number of carbonyl (C=O) groups is 1. The molecule has 1 aliphatic heterocycles. The third-order valence-corrected chi connectivity index (χ3v) is 4.33. The van der Waals surface area contributed by atoms with Crippen molar-refractivity contribution in [3.05, 3.63) is 12.3 Å². The van der Waals surface area contributed by atoms with Crippen LogP contribution in [0.15, 0.2) is 12.3 Å². The van der Waals surface area contributed by atoms with E-state index in [1.807, 2.05) is 0 Å². The molecule has 1 heterocycles. The maximum Gasteiger partial charge on any atom is 0.224 e. The molecule has 0 aromatic rings. The van der Waals surface area contributed by atoms with Crippen LogP contribution in [0.25, 0.3) is 0 Å². The lowest BCUT2D eigenvalue weighted by Crippen LogP contribution is -2.17. The number of alkyl halides is 1. The highest BCUT2D eigenvalue weighted by atomic mass is 35.5. The summed E-state index contributed by atoms with van der Waals surface area (Å²) in [5.41, 5.74) is 0.926. The van der Waals surface area contributed by atoms with E-state index < -0.39 is 0 Å². The molecule has 90 valence electrons. The number of hydrogen-bond donors (Lipinski definition) is 1. The van der Waals surface area contributed by atoms with Gasteiger partial charge in [0.15, 0.2) is 0 Å². The summed E-state index contributed by atoms with van der Waals surface area (Å²) in [4.78, 5) is 11.3. The van der Waals surface area contributed by atoms with E-state index in [0.29, 0.717) is 29.6 Å². The highest BCUT2D eigenvalue weighted by Crippen LogP contribution is 2.39. The second-order valence-corrected chi connectivity index (χ2v) is 6.01. The Labute approximate surface area is 102 Å². The minimum atomic E-state index is 0.134. The van der Waals surface area contributed by atoms with Crippen molar-refractivity contribution >= 4 is 17.5 Å². The quantitative estimate of drug-likeness (QED) is 0.555. The molecule has 2 fully saturated rings. The van der Waals surface area contributed by atoms with E-state index in [4.69, 9.17) is 11.6 Å². The van der Waals surface area contributed by atoms with Gasteiger partial charge >= 0.3 is 0 Å².